The molecule has 2 saturated carbocycles. The number of rotatable bonds is 6. The van der Waals surface area contributed by atoms with Gasteiger partial charge in [-0.3, -0.25) is 19.4 Å². The normalized spacial score (nSPS) is 22.2. The second-order valence-corrected chi connectivity index (χ2v) is 17.7. The first-order chi connectivity index (χ1) is 30.7. The van der Waals surface area contributed by atoms with Gasteiger partial charge in [0, 0.05) is 44.1 Å². The zero-order chi connectivity index (χ0) is 43.8. The van der Waals surface area contributed by atoms with Gasteiger partial charge in [0.2, 0.25) is 0 Å². The van der Waals surface area contributed by atoms with Gasteiger partial charge in [-0.25, -0.2) is 0 Å². The standard InChI is InChI=1S/C26H27N3O2.C20H23N3O2.C6H5I/c1-31-22-13-11-21(12-14-22)29-25(30)23-9-5-6-10-24(23)28-26(29)17-15-20(16-18-26)27-19-7-3-2-4-8-19;1-25-16-8-6-15(7-9-16)23-19(24)17-4-2-3-5-18(17)22-20(23)12-10-14(21)11-13-20;7-6-4-2-1-3-5-6/h2-14,20,27-28H,15-18H2,1H3;2-9,14,22H,10-13,21H2,1H3;1-5H. The van der Waals surface area contributed by atoms with E-state index >= 15 is 0 Å². The zero-order valence-electron chi connectivity index (χ0n) is 35.8. The maximum atomic E-state index is 13.7. The Morgan fingerprint density at radius 1 is 0.556 bits per heavy atom. The second-order valence-electron chi connectivity index (χ2n) is 16.5. The fourth-order valence-corrected chi connectivity index (χ4v) is 9.65. The minimum Gasteiger partial charge on any atom is -0.497 e. The lowest BCUT2D eigenvalue weighted by molar-refractivity contribution is 0.0927. The molecule has 2 spiro atoms. The summed E-state index contributed by atoms with van der Waals surface area (Å²) >= 11 is 2.28. The summed E-state index contributed by atoms with van der Waals surface area (Å²) in [6, 6.07) is 52.2. The molecule has 5 N–H and O–H groups in total. The maximum absolute atomic E-state index is 13.7. The van der Waals surface area contributed by atoms with Crippen LogP contribution in [0.2, 0.25) is 0 Å². The molecular formula is C52H55IN6O4. The van der Waals surface area contributed by atoms with Gasteiger partial charge in [0.15, 0.2) is 0 Å². The minimum atomic E-state index is -0.436. The average molecular weight is 955 g/mol. The fourth-order valence-electron chi connectivity index (χ4n) is 9.23. The van der Waals surface area contributed by atoms with E-state index < -0.39 is 11.3 Å². The summed E-state index contributed by atoms with van der Waals surface area (Å²) in [5.74, 6) is 1.65. The van der Waals surface area contributed by atoms with E-state index in [-0.39, 0.29) is 17.9 Å². The molecule has 2 aliphatic heterocycles. The van der Waals surface area contributed by atoms with E-state index in [2.05, 4.69) is 74.9 Å². The lowest BCUT2D eigenvalue weighted by atomic mass is 9.81. The Morgan fingerprint density at radius 2 is 0.952 bits per heavy atom. The van der Waals surface area contributed by atoms with Crippen LogP contribution >= 0.6 is 22.6 Å². The highest BCUT2D eigenvalue weighted by molar-refractivity contribution is 14.1. The number of hydrogen-bond donors (Lipinski definition) is 4. The van der Waals surface area contributed by atoms with Gasteiger partial charge in [0.05, 0.1) is 25.3 Å². The van der Waals surface area contributed by atoms with Crippen LogP contribution in [-0.4, -0.2) is 49.4 Å². The Bertz CT molecular complexity index is 2450. The first kappa shape index (κ1) is 43.6. The molecule has 2 fully saturated rings. The van der Waals surface area contributed by atoms with Crippen molar-refractivity contribution in [2.75, 3.05) is 40.0 Å². The monoisotopic (exact) mass is 954 g/mol. The lowest BCUT2D eigenvalue weighted by Gasteiger charge is -2.51. The van der Waals surface area contributed by atoms with Crippen LogP contribution in [0.3, 0.4) is 0 Å². The molecule has 2 amide bonds. The van der Waals surface area contributed by atoms with Crippen molar-refractivity contribution in [1.82, 2.24) is 0 Å². The summed E-state index contributed by atoms with van der Waals surface area (Å²) in [7, 11) is 3.30. The Morgan fingerprint density at radius 3 is 1.37 bits per heavy atom. The number of amides is 2. The van der Waals surface area contributed by atoms with Gasteiger partial charge >= 0.3 is 0 Å². The van der Waals surface area contributed by atoms with Crippen LogP contribution in [0.15, 0.2) is 158 Å². The molecule has 2 aliphatic carbocycles. The van der Waals surface area contributed by atoms with Gasteiger partial charge in [0.1, 0.15) is 22.8 Å². The molecule has 4 aliphatic rings. The molecule has 10 rings (SSSR count). The van der Waals surface area contributed by atoms with Crippen LogP contribution in [0.4, 0.5) is 28.4 Å². The highest BCUT2D eigenvalue weighted by Gasteiger charge is 2.48. The number of carbonyl (C=O) groups is 2. The SMILES string of the molecule is COc1ccc(N2C(=O)c3ccccc3NC23CCC(N)CC3)cc1.COc1ccc(N2C(=O)c3ccccc3NC23CCC(Nc2ccccc2)CC3)cc1.Ic1ccccc1. The number of nitrogens with one attached hydrogen (secondary N) is 3. The van der Waals surface area contributed by atoms with Crippen molar-refractivity contribution in [3.8, 4) is 11.5 Å². The van der Waals surface area contributed by atoms with Crippen molar-refractivity contribution >= 4 is 62.8 Å². The molecule has 0 aromatic heterocycles. The second kappa shape index (κ2) is 19.6. The summed E-state index contributed by atoms with van der Waals surface area (Å²) in [5, 5.41) is 11.1. The zero-order valence-corrected chi connectivity index (χ0v) is 38.0. The fraction of sp³-hybridized carbons (Fsp3) is 0.269. The van der Waals surface area contributed by atoms with E-state index in [1.54, 1.807) is 14.2 Å². The number of methoxy groups -OCH3 is 2. The molecule has 10 nitrogen and oxygen atoms in total. The quantitative estimate of drug-likeness (QED) is 0.122. The predicted octanol–water partition coefficient (Wildman–Crippen LogP) is 11.2. The number of benzene rings is 6. The van der Waals surface area contributed by atoms with Gasteiger partial charge in [-0.15, -0.1) is 0 Å². The van der Waals surface area contributed by atoms with Crippen LogP contribution < -0.4 is 41.0 Å². The molecule has 2 heterocycles. The van der Waals surface area contributed by atoms with E-state index in [9.17, 15) is 9.59 Å². The molecule has 0 atom stereocenters. The Balaban J connectivity index is 0.000000152. The molecule has 324 valence electrons. The Hall–Kier alpha value is -6.05. The molecule has 6 aromatic rings. The number of nitrogens with two attached hydrogens (primary N) is 1. The molecule has 6 aromatic carbocycles. The summed E-state index contributed by atoms with van der Waals surface area (Å²) in [4.78, 5) is 30.9. The topological polar surface area (TPSA) is 121 Å². The van der Waals surface area contributed by atoms with Crippen LogP contribution in [0.1, 0.15) is 72.1 Å². The highest BCUT2D eigenvalue weighted by Crippen LogP contribution is 2.45. The van der Waals surface area contributed by atoms with E-state index in [0.29, 0.717) is 17.2 Å². The van der Waals surface area contributed by atoms with Crippen molar-refractivity contribution in [3.05, 3.63) is 172 Å². The summed E-state index contributed by atoms with van der Waals surface area (Å²) in [5.41, 5.74) is 11.4. The first-order valence-corrected chi connectivity index (χ1v) is 22.8. The van der Waals surface area contributed by atoms with Gasteiger partial charge in [-0.2, -0.15) is 0 Å². The third-order valence-electron chi connectivity index (χ3n) is 12.5. The van der Waals surface area contributed by atoms with Crippen molar-refractivity contribution in [2.24, 2.45) is 5.73 Å². The van der Waals surface area contributed by atoms with Crippen LogP contribution in [-0.2, 0) is 0 Å². The van der Waals surface area contributed by atoms with Crippen LogP contribution in [0.5, 0.6) is 11.5 Å². The van der Waals surface area contributed by atoms with Gasteiger partial charge in [0.25, 0.3) is 11.8 Å². The number of para-hydroxylation sites is 3. The van der Waals surface area contributed by atoms with Gasteiger partial charge in [-0.1, -0.05) is 60.7 Å². The van der Waals surface area contributed by atoms with E-state index in [1.165, 1.54) is 3.57 Å². The Kier molecular flexibility index (Phi) is 13.5. The number of anilines is 5. The first-order valence-electron chi connectivity index (χ1n) is 21.7. The third kappa shape index (κ3) is 9.64. The van der Waals surface area contributed by atoms with Crippen LogP contribution in [0.25, 0.3) is 0 Å². The summed E-state index contributed by atoms with van der Waals surface area (Å²) in [6.45, 7) is 0. The number of ether oxygens (including phenoxy) is 2. The molecule has 0 unspecified atom stereocenters. The van der Waals surface area contributed by atoms with E-state index in [0.717, 1.165) is 91.3 Å². The average Bonchev–Trinajstić information content (AvgIpc) is 3.32. The third-order valence-corrected chi connectivity index (χ3v) is 13.2. The molecule has 0 radical (unpaired) electrons. The number of carbonyl (C=O) groups excluding carboxylic acids is 2. The van der Waals surface area contributed by atoms with Crippen LogP contribution in [0, 0.1) is 3.57 Å². The van der Waals surface area contributed by atoms with E-state index in [1.807, 2.05) is 131 Å². The smallest absolute Gasteiger partial charge is 0.262 e. The number of hydrogen-bond acceptors (Lipinski definition) is 8. The maximum Gasteiger partial charge on any atom is 0.262 e. The van der Waals surface area contributed by atoms with Gasteiger partial charge in [-0.05, 0) is 171 Å². The highest BCUT2D eigenvalue weighted by atomic mass is 127. The van der Waals surface area contributed by atoms with E-state index in [4.69, 9.17) is 15.2 Å². The molecular weight excluding hydrogens is 900 g/mol. The summed E-state index contributed by atoms with van der Waals surface area (Å²) < 4.78 is 11.9. The van der Waals surface area contributed by atoms with Crippen molar-refractivity contribution in [1.29, 1.82) is 0 Å². The molecule has 63 heavy (non-hydrogen) atoms. The molecule has 0 saturated heterocycles. The van der Waals surface area contributed by atoms with Crippen molar-refractivity contribution in [2.45, 2.75) is 74.8 Å². The Labute approximate surface area is 384 Å². The van der Waals surface area contributed by atoms with Crippen molar-refractivity contribution < 1.29 is 19.1 Å². The number of nitrogens with zero attached hydrogens (tertiary/aromatic N) is 2. The van der Waals surface area contributed by atoms with Crippen molar-refractivity contribution in [3.63, 3.8) is 0 Å². The predicted molar refractivity (Wildman–Crippen MR) is 263 cm³/mol. The molecule has 11 heteroatoms. The summed E-state index contributed by atoms with van der Waals surface area (Å²) in [6.07, 6.45) is 7.14. The largest absolute Gasteiger partial charge is 0.497 e. The minimum absolute atomic E-state index is 0.0370. The number of fused-ring (bicyclic) bond motifs is 2. The number of halogens is 1. The lowest BCUT2D eigenvalue weighted by Crippen LogP contribution is -2.62. The molecule has 0 bridgehead atoms. The van der Waals surface area contributed by atoms with Gasteiger partial charge < -0.3 is 31.2 Å².